The van der Waals surface area contributed by atoms with Gasteiger partial charge in [-0.2, -0.15) is 0 Å². The first-order valence-electron chi connectivity index (χ1n) is 12.9. The third-order valence-electron chi connectivity index (χ3n) is 5.66. The predicted molar refractivity (Wildman–Crippen MR) is 141 cm³/mol. The van der Waals surface area contributed by atoms with Gasteiger partial charge in [0.15, 0.2) is 0 Å². The number of furan rings is 1. The quantitative estimate of drug-likeness (QED) is 0.183. The van der Waals surface area contributed by atoms with Crippen molar-refractivity contribution < 1.29 is 28.6 Å². The minimum atomic E-state index is -2.26. The Labute approximate surface area is 229 Å². The summed E-state index contributed by atoms with van der Waals surface area (Å²) >= 11 is 0. The molecule has 0 aliphatic heterocycles. The van der Waals surface area contributed by atoms with Crippen molar-refractivity contribution in [1.82, 2.24) is 15.0 Å². The van der Waals surface area contributed by atoms with Crippen molar-refractivity contribution >= 4 is 22.1 Å². The van der Waals surface area contributed by atoms with Crippen LogP contribution in [0.4, 0.5) is 0 Å². The molecule has 36 heavy (non-hydrogen) atoms. The number of rotatable bonds is 3. The van der Waals surface area contributed by atoms with E-state index in [1.807, 2.05) is 54.7 Å². The summed E-state index contributed by atoms with van der Waals surface area (Å²) in [5, 5.41) is 1.64. The van der Waals surface area contributed by atoms with Gasteiger partial charge in [-0.3, -0.25) is 0 Å². The van der Waals surface area contributed by atoms with Crippen molar-refractivity contribution in [3.63, 3.8) is 0 Å². The van der Waals surface area contributed by atoms with Crippen molar-refractivity contribution in [3.8, 4) is 22.5 Å². The molecule has 6 rings (SSSR count). The Morgan fingerprint density at radius 3 is 2.42 bits per heavy atom. The van der Waals surface area contributed by atoms with E-state index in [1.54, 1.807) is 18.3 Å². The van der Waals surface area contributed by atoms with E-state index >= 15 is 0 Å². The van der Waals surface area contributed by atoms with Gasteiger partial charge < -0.3 is 14.4 Å². The van der Waals surface area contributed by atoms with Crippen molar-refractivity contribution in [3.05, 3.63) is 115 Å². The van der Waals surface area contributed by atoms with Gasteiger partial charge in [0.2, 0.25) is 5.71 Å². The topological polar surface area (TPSA) is 51.8 Å². The number of aromatic nitrogens is 3. The summed E-state index contributed by atoms with van der Waals surface area (Å²) in [6.45, 7) is 2.08. The third kappa shape index (κ3) is 5.43. The van der Waals surface area contributed by atoms with Crippen molar-refractivity contribution in [1.29, 1.82) is 0 Å². The van der Waals surface area contributed by atoms with E-state index in [0.717, 1.165) is 33.3 Å². The molecule has 0 N–H and O–H groups in total. The molecule has 4 nitrogen and oxygen atoms in total. The minimum absolute atomic E-state index is 0. The molecule has 181 valence electrons. The zero-order chi connectivity index (χ0) is 26.7. The zero-order valence-corrected chi connectivity index (χ0v) is 22.2. The average Bonchev–Trinajstić information content (AvgIpc) is 3.32. The molecule has 5 heteroatoms. The van der Waals surface area contributed by atoms with E-state index in [-0.39, 0.29) is 25.8 Å². The molecule has 0 atom stereocenters. The van der Waals surface area contributed by atoms with E-state index in [2.05, 4.69) is 53.1 Å². The Kier molecular flexibility index (Phi) is 6.83. The van der Waals surface area contributed by atoms with Crippen LogP contribution in [-0.4, -0.2) is 15.0 Å². The second kappa shape index (κ2) is 11.4. The Morgan fingerprint density at radius 1 is 0.833 bits per heavy atom. The van der Waals surface area contributed by atoms with Crippen LogP contribution in [0.2, 0.25) is 0 Å². The second-order valence-electron chi connectivity index (χ2n) is 8.37. The summed E-state index contributed by atoms with van der Waals surface area (Å²) in [7, 11) is 0. The maximum atomic E-state index is 7.47. The van der Waals surface area contributed by atoms with Crippen LogP contribution in [0.1, 0.15) is 35.1 Å². The molecule has 2 aromatic carbocycles. The van der Waals surface area contributed by atoms with Gasteiger partial charge in [0.05, 0.1) is 5.58 Å². The van der Waals surface area contributed by atoms with E-state index in [1.165, 1.54) is 11.6 Å². The standard InChI is InChI=1S/C17H11N2O.C14H14N.Ir/c1-11-8-9-13-12-5-4-6-14(15-7-2-3-10-18-15)16(12)20-17(13)19-11;1-11(2)13-8-9-14(15-10-13)12-6-4-3-5-7-12;/h2-5,7-10H,1H3;3-6,8-11H,1-2H3;/q2*-1;/i1D3;;. The molecule has 6 aromatic rings. The van der Waals surface area contributed by atoms with Crippen molar-refractivity contribution in [2.75, 3.05) is 0 Å². The number of benzene rings is 2. The van der Waals surface area contributed by atoms with E-state index in [4.69, 9.17) is 8.53 Å². The van der Waals surface area contributed by atoms with Crippen LogP contribution in [-0.2, 0) is 20.1 Å². The maximum absolute atomic E-state index is 7.47. The number of hydrogen-bond acceptors (Lipinski definition) is 4. The molecule has 0 unspecified atom stereocenters. The SMILES string of the molecule is CC(C)c1ccc(-c2[c-]cccc2)nc1.[2H]C([2H])([2H])c1ccc2c(n1)oc1c(-c3ccccn3)[c-]ccc12.[Ir]. The van der Waals surface area contributed by atoms with Gasteiger partial charge in [0.25, 0.3) is 0 Å². The summed E-state index contributed by atoms with van der Waals surface area (Å²) in [6.07, 6.45) is 3.65. The smallest absolute Gasteiger partial charge is 0.216 e. The third-order valence-corrected chi connectivity index (χ3v) is 5.66. The van der Waals surface area contributed by atoms with Gasteiger partial charge in [-0.15, -0.1) is 54.1 Å². The molecular formula is C31H25IrN3O-2. The number of nitrogens with zero attached hydrogens (tertiary/aromatic N) is 3. The molecule has 0 spiro atoms. The van der Waals surface area contributed by atoms with E-state index < -0.39 is 6.85 Å². The Bertz CT molecular complexity index is 1670. The van der Waals surface area contributed by atoms with E-state index in [0.29, 0.717) is 17.2 Å². The molecular weight excluding hydrogens is 623 g/mol. The monoisotopic (exact) mass is 651 g/mol. The fraction of sp³-hybridized carbons (Fsp3) is 0.129. The summed E-state index contributed by atoms with van der Waals surface area (Å²) < 4.78 is 28.3. The molecule has 0 saturated heterocycles. The van der Waals surface area contributed by atoms with E-state index in [9.17, 15) is 0 Å². The summed E-state index contributed by atoms with van der Waals surface area (Å²) in [6, 6.07) is 30.9. The number of fused-ring (bicyclic) bond motifs is 3. The Hall–Kier alpha value is -3.66. The fourth-order valence-electron chi connectivity index (χ4n) is 3.78. The fourth-order valence-corrected chi connectivity index (χ4v) is 3.78. The second-order valence-corrected chi connectivity index (χ2v) is 8.37. The molecule has 1 radical (unpaired) electrons. The Morgan fingerprint density at radius 2 is 1.72 bits per heavy atom. The first-order valence-corrected chi connectivity index (χ1v) is 11.4. The zero-order valence-electron chi connectivity index (χ0n) is 22.8. The van der Waals surface area contributed by atoms with Crippen molar-refractivity contribution in [2.24, 2.45) is 0 Å². The van der Waals surface area contributed by atoms with Crippen molar-refractivity contribution in [2.45, 2.75) is 26.6 Å². The first-order chi connectivity index (χ1) is 18.3. The Balaban J connectivity index is 0.000000192. The maximum Gasteiger partial charge on any atom is 0.216 e. The van der Waals surface area contributed by atoms with Gasteiger partial charge in [0.1, 0.15) is 0 Å². The number of hydrogen-bond donors (Lipinski definition) is 0. The molecule has 0 amide bonds. The number of aryl methyl sites for hydroxylation is 1. The number of pyridine rings is 3. The average molecular weight is 651 g/mol. The molecule has 4 heterocycles. The van der Waals surface area contributed by atoms with Crippen LogP contribution in [0.25, 0.3) is 44.6 Å². The molecule has 0 saturated carbocycles. The van der Waals surface area contributed by atoms with Crippen LogP contribution in [0.5, 0.6) is 0 Å². The summed E-state index contributed by atoms with van der Waals surface area (Å²) in [5.74, 6) is 0.534. The normalized spacial score (nSPS) is 12.2. The van der Waals surface area contributed by atoms with Crippen LogP contribution >= 0.6 is 0 Å². The van der Waals surface area contributed by atoms with Crippen LogP contribution in [0, 0.1) is 19.0 Å². The summed E-state index contributed by atoms with van der Waals surface area (Å²) in [4.78, 5) is 12.9. The minimum Gasteiger partial charge on any atom is -0.486 e. The van der Waals surface area contributed by atoms with Crippen LogP contribution < -0.4 is 0 Å². The van der Waals surface area contributed by atoms with Crippen LogP contribution in [0.15, 0.2) is 95.7 Å². The first kappa shape index (κ1) is 21.6. The molecule has 0 aliphatic rings. The van der Waals surface area contributed by atoms with Gasteiger partial charge in [-0.1, -0.05) is 49.1 Å². The largest absolute Gasteiger partial charge is 0.486 e. The predicted octanol–water partition coefficient (Wildman–Crippen LogP) is 7.82. The molecule has 0 fully saturated rings. The molecule has 0 bridgehead atoms. The van der Waals surface area contributed by atoms with Gasteiger partial charge >= 0.3 is 0 Å². The van der Waals surface area contributed by atoms with Gasteiger partial charge in [-0.25, -0.2) is 4.98 Å². The van der Waals surface area contributed by atoms with Gasteiger partial charge in [-0.05, 0) is 47.9 Å². The molecule has 4 aromatic heterocycles. The summed E-state index contributed by atoms with van der Waals surface area (Å²) in [5.41, 5.74) is 5.72. The van der Waals surface area contributed by atoms with Gasteiger partial charge in [0, 0.05) is 47.7 Å². The molecule has 0 aliphatic carbocycles. The van der Waals surface area contributed by atoms with Crippen LogP contribution in [0.3, 0.4) is 0 Å².